The fourth-order valence-electron chi connectivity index (χ4n) is 3.60. The highest BCUT2D eigenvalue weighted by atomic mass is 35.5. The number of nitrogens with one attached hydrogen (secondary N) is 2. The number of carboxylic acids is 1. The number of carbonyl (C=O) groups is 1. The molecule has 1 aliphatic rings. The Bertz CT molecular complexity index is 1310. The molecule has 3 aromatic rings. The molecule has 2 heterocycles. The lowest BCUT2D eigenvalue weighted by Crippen LogP contribution is -2.15. The number of alkyl halides is 2. The van der Waals surface area contributed by atoms with Crippen molar-refractivity contribution in [3.8, 4) is 6.07 Å². The normalized spacial score (nSPS) is 17.3. The Morgan fingerprint density at radius 1 is 1.36 bits per heavy atom. The highest BCUT2D eigenvalue weighted by Crippen LogP contribution is 2.48. The Labute approximate surface area is 192 Å². The van der Waals surface area contributed by atoms with E-state index < -0.39 is 23.9 Å². The first kappa shape index (κ1) is 22.6. The van der Waals surface area contributed by atoms with E-state index in [9.17, 15) is 23.9 Å². The lowest BCUT2D eigenvalue weighted by Gasteiger charge is -2.19. The number of aromatic carboxylic acids is 1. The molecule has 1 aliphatic carbocycles. The molecule has 2 aromatic heterocycles. The number of halogens is 3. The van der Waals surface area contributed by atoms with E-state index >= 15 is 0 Å². The standard InChI is InChI=1S/C22H19ClF2N6O2/c1-10-5-13(11(2)28-14-3-4-17(23)30-19(14)21(32)33)18-15(6-10)29-16(8-26)20(31-18)27-9-12-7-22(12,24)25/h3-6,11-12,28H,7,9H2,1-2H3,(H,27,31)(H,32,33)/t11-,12-/m1/s1. The summed E-state index contributed by atoms with van der Waals surface area (Å²) >= 11 is 5.83. The zero-order chi connectivity index (χ0) is 23.9. The van der Waals surface area contributed by atoms with Crippen molar-refractivity contribution in [3.63, 3.8) is 0 Å². The fraction of sp³-hybridized carbons (Fsp3) is 0.318. The van der Waals surface area contributed by atoms with Gasteiger partial charge in [-0.2, -0.15) is 5.26 Å². The van der Waals surface area contributed by atoms with E-state index in [4.69, 9.17) is 11.6 Å². The van der Waals surface area contributed by atoms with E-state index in [0.29, 0.717) is 16.6 Å². The summed E-state index contributed by atoms with van der Waals surface area (Å²) in [6.07, 6.45) is -0.199. The number of anilines is 2. The van der Waals surface area contributed by atoms with Crippen molar-refractivity contribution < 1.29 is 18.7 Å². The minimum atomic E-state index is -2.70. The number of carboxylic acid groups (broad SMARTS) is 1. The van der Waals surface area contributed by atoms with Gasteiger partial charge in [0.1, 0.15) is 11.2 Å². The molecule has 11 heteroatoms. The van der Waals surface area contributed by atoms with E-state index in [1.165, 1.54) is 12.1 Å². The van der Waals surface area contributed by atoms with Gasteiger partial charge in [0.2, 0.25) is 0 Å². The monoisotopic (exact) mass is 472 g/mol. The molecule has 1 saturated carbocycles. The molecule has 1 aromatic carbocycles. The van der Waals surface area contributed by atoms with E-state index in [-0.39, 0.29) is 41.0 Å². The average molecular weight is 473 g/mol. The van der Waals surface area contributed by atoms with Gasteiger partial charge in [0.15, 0.2) is 17.2 Å². The van der Waals surface area contributed by atoms with Crippen LogP contribution < -0.4 is 10.6 Å². The summed E-state index contributed by atoms with van der Waals surface area (Å²) in [4.78, 5) is 24.3. The maximum absolute atomic E-state index is 13.3. The maximum Gasteiger partial charge on any atom is 0.356 e. The van der Waals surface area contributed by atoms with Crippen molar-refractivity contribution in [2.24, 2.45) is 5.92 Å². The molecule has 0 saturated heterocycles. The molecule has 0 amide bonds. The van der Waals surface area contributed by atoms with Crippen LogP contribution in [-0.2, 0) is 0 Å². The van der Waals surface area contributed by atoms with Crippen LogP contribution >= 0.6 is 11.6 Å². The summed E-state index contributed by atoms with van der Waals surface area (Å²) in [5, 5.41) is 24.9. The van der Waals surface area contributed by atoms with Crippen LogP contribution in [0.25, 0.3) is 11.0 Å². The van der Waals surface area contributed by atoms with Crippen LogP contribution in [0.1, 0.15) is 46.7 Å². The molecule has 0 radical (unpaired) electrons. The molecule has 33 heavy (non-hydrogen) atoms. The van der Waals surface area contributed by atoms with Crippen LogP contribution in [0.2, 0.25) is 5.15 Å². The Morgan fingerprint density at radius 3 is 2.73 bits per heavy atom. The molecule has 3 N–H and O–H groups in total. The van der Waals surface area contributed by atoms with Crippen molar-refractivity contribution in [2.45, 2.75) is 32.2 Å². The zero-order valence-electron chi connectivity index (χ0n) is 17.7. The topological polar surface area (TPSA) is 124 Å². The summed E-state index contributed by atoms with van der Waals surface area (Å²) in [7, 11) is 0. The van der Waals surface area contributed by atoms with Crippen molar-refractivity contribution in [3.05, 3.63) is 51.9 Å². The third-order valence-electron chi connectivity index (χ3n) is 5.42. The predicted molar refractivity (Wildman–Crippen MR) is 119 cm³/mol. The number of pyridine rings is 1. The second-order valence-corrected chi connectivity index (χ2v) is 8.39. The summed E-state index contributed by atoms with van der Waals surface area (Å²) < 4.78 is 26.5. The van der Waals surface area contributed by atoms with Crippen LogP contribution in [0.3, 0.4) is 0 Å². The third-order valence-corrected chi connectivity index (χ3v) is 5.63. The SMILES string of the molecule is Cc1cc([C@@H](C)Nc2ccc(Cl)nc2C(=O)O)c2nc(NC[C@H]3CC3(F)F)c(C#N)nc2c1. The molecule has 0 spiro atoms. The first-order valence-electron chi connectivity index (χ1n) is 10.1. The van der Waals surface area contributed by atoms with E-state index in [1.54, 1.807) is 6.07 Å². The fourth-order valence-corrected chi connectivity index (χ4v) is 3.75. The van der Waals surface area contributed by atoms with E-state index in [2.05, 4.69) is 25.6 Å². The number of nitrogens with zero attached hydrogens (tertiary/aromatic N) is 4. The first-order valence-corrected chi connectivity index (χ1v) is 10.5. The third kappa shape index (κ3) is 4.64. The molecule has 0 aliphatic heterocycles. The van der Waals surface area contributed by atoms with Crippen LogP contribution in [-0.4, -0.2) is 38.5 Å². The number of aromatic nitrogens is 3. The smallest absolute Gasteiger partial charge is 0.356 e. The number of hydrogen-bond acceptors (Lipinski definition) is 7. The summed E-state index contributed by atoms with van der Waals surface area (Å²) in [6.45, 7) is 3.65. The summed E-state index contributed by atoms with van der Waals surface area (Å²) in [5.74, 6) is -4.60. The molecule has 8 nitrogen and oxygen atoms in total. The van der Waals surface area contributed by atoms with Gasteiger partial charge in [0.25, 0.3) is 5.92 Å². The number of nitriles is 1. The molecule has 4 rings (SSSR count). The van der Waals surface area contributed by atoms with Crippen molar-refractivity contribution in [1.29, 1.82) is 5.26 Å². The average Bonchev–Trinajstić information content (AvgIpc) is 3.38. The van der Waals surface area contributed by atoms with Gasteiger partial charge >= 0.3 is 5.97 Å². The van der Waals surface area contributed by atoms with Gasteiger partial charge < -0.3 is 15.7 Å². The number of aryl methyl sites for hydroxylation is 1. The van der Waals surface area contributed by atoms with Crippen LogP contribution in [0.4, 0.5) is 20.3 Å². The largest absolute Gasteiger partial charge is 0.476 e. The Balaban J connectivity index is 1.71. The molecule has 0 unspecified atom stereocenters. The second kappa shape index (κ2) is 8.41. The zero-order valence-corrected chi connectivity index (χ0v) is 18.4. The van der Waals surface area contributed by atoms with Crippen LogP contribution in [0.15, 0.2) is 24.3 Å². The minimum absolute atomic E-state index is 0.0127. The van der Waals surface area contributed by atoms with Crippen molar-refractivity contribution >= 4 is 40.1 Å². The van der Waals surface area contributed by atoms with Gasteiger partial charge in [-0.25, -0.2) is 28.5 Å². The molecule has 0 bridgehead atoms. The summed E-state index contributed by atoms with van der Waals surface area (Å²) in [6, 6.07) is 8.16. The lowest BCUT2D eigenvalue weighted by atomic mass is 10.0. The number of benzene rings is 1. The van der Waals surface area contributed by atoms with E-state index in [1.807, 2.05) is 26.0 Å². The number of fused-ring (bicyclic) bond motifs is 1. The lowest BCUT2D eigenvalue weighted by molar-refractivity contribution is 0.0691. The Morgan fingerprint density at radius 2 is 2.09 bits per heavy atom. The van der Waals surface area contributed by atoms with Gasteiger partial charge in [-0.3, -0.25) is 0 Å². The van der Waals surface area contributed by atoms with Gasteiger partial charge in [-0.05, 0) is 37.6 Å². The molecule has 1 fully saturated rings. The number of hydrogen-bond donors (Lipinski definition) is 3. The van der Waals surface area contributed by atoms with Crippen LogP contribution in [0, 0.1) is 24.2 Å². The maximum atomic E-state index is 13.3. The van der Waals surface area contributed by atoms with Gasteiger partial charge in [-0.1, -0.05) is 17.7 Å². The van der Waals surface area contributed by atoms with E-state index in [0.717, 1.165) is 5.56 Å². The second-order valence-electron chi connectivity index (χ2n) is 8.00. The highest BCUT2D eigenvalue weighted by Gasteiger charge is 2.56. The van der Waals surface area contributed by atoms with Crippen LogP contribution in [0.5, 0.6) is 0 Å². The molecular formula is C22H19ClF2N6O2. The predicted octanol–water partition coefficient (Wildman–Crippen LogP) is 4.80. The highest BCUT2D eigenvalue weighted by molar-refractivity contribution is 6.29. The van der Waals surface area contributed by atoms with Gasteiger partial charge in [0, 0.05) is 24.4 Å². The Kier molecular flexibility index (Phi) is 5.76. The quantitative estimate of drug-likeness (QED) is 0.419. The molecule has 2 atom stereocenters. The minimum Gasteiger partial charge on any atom is -0.476 e. The first-order chi connectivity index (χ1) is 15.6. The number of rotatable bonds is 7. The van der Waals surface area contributed by atoms with Crippen molar-refractivity contribution in [2.75, 3.05) is 17.2 Å². The summed E-state index contributed by atoms with van der Waals surface area (Å²) in [5.41, 5.74) is 2.53. The van der Waals surface area contributed by atoms with Gasteiger partial charge in [0.05, 0.1) is 22.8 Å². The molecular weight excluding hydrogens is 454 g/mol. The van der Waals surface area contributed by atoms with Gasteiger partial charge in [-0.15, -0.1) is 0 Å². The molecule has 170 valence electrons. The van der Waals surface area contributed by atoms with Crippen molar-refractivity contribution in [1.82, 2.24) is 15.0 Å². The Hall–Kier alpha value is -3.58.